The largest absolute Gasteiger partial charge is 0.506 e. The first-order valence-corrected chi connectivity index (χ1v) is 6.35. The lowest BCUT2D eigenvalue weighted by atomic mass is 10.3. The Kier molecular flexibility index (Phi) is 3.02. The minimum Gasteiger partial charge on any atom is -0.506 e. The van der Waals surface area contributed by atoms with E-state index in [1.807, 2.05) is 0 Å². The van der Waals surface area contributed by atoms with Crippen molar-refractivity contribution in [2.75, 3.05) is 10.5 Å². The quantitative estimate of drug-likeness (QED) is 0.552. The molecule has 8 heteroatoms. The third kappa shape index (κ3) is 2.48. The van der Waals surface area contributed by atoms with Crippen LogP contribution in [0.2, 0.25) is 0 Å². The number of aromatic hydroxyl groups is 1. The van der Waals surface area contributed by atoms with Crippen LogP contribution in [0.1, 0.15) is 0 Å². The molecule has 0 aliphatic carbocycles. The lowest BCUT2D eigenvalue weighted by Crippen LogP contribution is -2.14. The summed E-state index contributed by atoms with van der Waals surface area (Å²) in [4.78, 5) is 7.47. The van der Waals surface area contributed by atoms with Gasteiger partial charge in [-0.15, -0.1) is 0 Å². The van der Waals surface area contributed by atoms with E-state index in [-0.39, 0.29) is 22.2 Å². The Labute approximate surface area is 103 Å². The lowest BCUT2D eigenvalue weighted by Gasteiger charge is -2.07. The molecule has 18 heavy (non-hydrogen) atoms. The maximum atomic E-state index is 11.9. The lowest BCUT2D eigenvalue weighted by molar-refractivity contribution is 0.477. The molecular formula is C10H10N4O3S. The number of nitrogen functional groups attached to an aromatic ring is 1. The summed E-state index contributed by atoms with van der Waals surface area (Å²) in [7, 11) is -3.80. The molecule has 0 bridgehead atoms. The van der Waals surface area contributed by atoms with Gasteiger partial charge in [0.25, 0.3) is 10.0 Å². The second kappa shape index (κ2) is 4.49. The van der Waals surface area contributed by atoms with Gasteiger partial charge in [-0.05, 0) is 18.2 Å². The maximum absolute atomic E-state index is 11.9. The Morgan fingerprint density at radius 2 is 2.06 bits per heavy atom. The summed E-state index contributed by atoms with van der Waals surface area (Å²) in [5.41, 5.74) is 5.42. The Bertz CT molecular complexity index is 658. The molecule has 0 unspecified atom stereocenters. The van der Waals surface area contributed by atoms with Crippen LogP contribution < -0.4 is 10.5 Å². The van der Waals surface area contributed by atoms with Gasteiger partial charge >= 0.3 is 0 Å². The van der Waals surface area contributed by atoms with Crippen LogP contribution in [0.25, 0.3) is 0 Å². The number of rotatable bonds is 3. The zero-order chi connectivity index (χ0) is 13.2. The molecule has 0 saturated carbocycles. The van der Waals surface area contributed by atoms with Gasteiger partial charge in [0.2, 0.25) is 0 Å². The van der Waals surface area contributed by atoms with Gasteiger partial charge in [0.15, 0.2) is 5.82 Å². The van der Waals surface area contributed by atoms with Crippen LogP contribution in [-0.4, -0.2) is 23.5 Å². The first-order chi connectivity index (χ1) is 8.49. The number of hydrogen-bond donors (Lipinski definition) is 3. The zero-order valence-electron chi connectivity index (χ0n) is 9.11. The van der Waals surface area contributed by atoms with Crippen molar-refractivity contribution in [3.8, 4) is 5.75 Å². The van der Waals surface area contributed by atoms with Crippen molar-refractivity contribution in [3.63, 3.8) is 0 Å². The topological polar surface area (TPSA) is 118 Å². The fourth-order valence-corrected chi connectivity index (χ4v) is 2.28. The SMILES string of the molecule is Nc1cc(S(=O)(=O)Nc2cnccn2)ccc1O. The average molecular weight is 266 g/mol. The Balaban J connectivity index is 2.34. The van der Waals surface area contributed by atoms with Gasteiger partial charge in [-0.1, -0.05) is 0 Å². The van der Waals surface area contributed by atoms with Crippen LogP contribution in [0.15, 0.2) is 41.7 Å². The summed E-state index contributed by atoms with van der Waals surface area (Å²) in [6.07, 6.45) is 4.07. The van der Waals surface area contributed by atoms with Gasteiger partial charge in [0, 0.05) is 12.4 Å². The summed E-state index contributed by atoms with van der Waals surface area (Å²) in [5, 5.41) is 9.24. The highest BCUT2D eigenvalue weighted by Crippen LogP contribution is 2.24. The van der Waals surface area contributed by atoms with Crippen molar-refractivity contribution in [1.82, 2.24) is 9.97 Å². The minimum absolute atomic E-state index is 0.0166. The molecule has 0 radical (unpaired) electrons. The van der Waals surface area contributed by atoms with E-state index in [4.69, 9.17) is 5.73 Å². The summed E-state index contributed by atoms with van der Waals surface area (Å²) in [6.45, 7) is 0. The van der Waals surface area contributed by atoms with Gasteiger partial charge in [-0.25, -0.2) is 13.4 Å². The van der Waals surface area contributed by atoms with E-state index in [0.29, 0.717) is 0 Å². The Hall–Kier alpha value is -2.35. The maximum Gasteiger partial charge on any atom is 0.263 e. The van der Waals surface area contributed by atoms with E-state index >= 15 is 0 Å². The van der Waals surface area contributed by atoms with Gasteiger partial charge in [0.05, 0.1) is 16.8 Å². The molecule has 94 valence electrons. The monoisotopic (exact) mass is 266 g/mol. The number of phenols is 1. The van der Waals surface area contributed by atoms with Crippen LogP contribution >= 0.6 is 0 Å². The highest BCUT2D eigenvalue weighted by Gasteiger charge is 2.16. The van der Waals surface area contributed by atoms with E-state index in [9.17, 15) is 13.5 Å². The number of nitrogens with two attached hydrogens (primary N) is 1. The fraction of sp³-hybridized carbons (Fsp3) is 0. The number of aromatic nitrogens is 2. The first kappa shape index (κ1) is 12.1. The van der Waals surface area contributed by atoms with Crippen molar-refractivity contribution in [1.29, 1.82) is 0 Å². The molecule has 1 aromatic carbocycles. The first-order valence-electron chi connectivity index (χ1n) is 4.86. The van der Waals surface area contributed by atoms with E-state index in [1.165, 1.54) is 30.7 Å². The van der Waals surface area contributed by atoms with Crippen LogP contribution in [0.5, 0.6) is 5.75 Å². The number of phenolic OH excluding ortho intramolecular Hbond substituents is 1. The molecule has 0 saturated heterocycles. The molecule has 0 atom stereocenters. The van der Waals surface area contributed by atoms with Crippen LogP contribution in [-0.2, 0) is 10.0 Å². The molecule has 2 rings (SSSR count). The van der Waals surface area contributed by atoms with E-state index in [2.05, 4.69) is 14.7 Å². The fourth-order valence-electron chi connectivity index (χ4n) is 1.25. The van der Waals surface area contributed by atoms with Gasteiger partial charge in [-0.3, -0.25) is 9.71 Å². The molecule has 1 heterocycles. The number of anilines is 2. The molecule has 0 fully saturated rings. The number of benzene rings is 1. The molecule has 7 nitrogen and oxygen atoms in total. The highest BCUT2D eigenvalue weighted by molar-refractivity contribution is 7.92. The minimum atomic E-state index is -3.80. The molecule has 4 N–H and O–H groups in total. The Morgan fingerprint density at radius 1 is 1.28 bits per heavy atom. The number of sulfonamides is 1. The van der Waals surface area contributed by atoms with Gasteiger partial charge < -0.3 is 10.8 Å². The van der Waals surface area contributed by atoms with Crippen LogP contribution in [0.4, 0.5) is 11.5 Å². The molecule has 1 aromatic heterocycles. The molecular weight excluding hydrogens is 256 g/mol. The van der Waals surface area contributed by atoms with E-state index < -0.39 is 10.0 Å². The predicted molar refractivity (Wildman–Crippen MR) is 65.4 cm³/mol. The summed E-state index contributed by atoms with van der Waals surface area (Å²) in [6, 6.07) is 3.61. The van der Waals surface area contributed by atoms with Gasteiger partial charge in [-0.2, -0.15) is 0 Å². The summed E-state index contributed by atoms with van der Waals surface area (Å²) >= 11 is 0. The number of nitrogens with one attached hydrogen (secondary N) is 1. The molecule has 0 amide bonds. The van der Waals surface area contributed by atoms with Crippen molar-refractivity contribution in [3.05, 3.63) is 36.8 Å². The molecule has 0 aliphatic rings. The van der Waals surface area contributed by atoms with Crippen molar-refractivity contribution >= 4 is 21.5 Å². The second-order valence-corrected chi connectivity index (χ2v) is 5.10. The third-order valence-corrected chi connectivity index (χ3v) is 3.46. The third-order valence-electron chi connectivity index (χ3n) is 2.11. The predicted octanol–water partition coefficient (Wildman–Crippen LogP) is 0.565. The van der Waals surface area contributed by atoms with Crippen molar-refractivity contribution in [2.45, 2.75) is 4.90 Å². The average Bonchev–Trinajstić information content (AvgIpc) is 2.33. The smallest absolute Gasteiger partial charge is 0.263 e. The molecule has 2 aromatic rings. The summed E-state index contributed by atoms with van der Waals surface area (Å²) in [5.74, 6) is -0.0717. The van der Waals surface area contributed by atoms with Crippen molar-refractivity contribution < 1.29 is 13.5 Å². The number of nitrogens with zero attached hydrogens (tertiary/aromatic N) is 2. The standard InChI is InChI=1S/C10H10N4O3S/c11-8-5-7(1-2-9(8)15)18(16,17)14-10-6-12-3-4-13-10/h1-6,15H,11H2,(H,13,14). The summed E-state index contributed by atoms with van der Waals surface area (Å²) < 4.78 is 26.1. The number of hydrogen-bond acceptors (Lipinski definition) is 6. The second-order valence-electron chi connectivity index (χ2n) is 3.42. The van der Waals surface area contributed by atoms with Crippen LogP contribution in [0.3, 0.4) is 0 Å². The Morgan fingerprint density at radius 3 is 2.67 bits per heavy atom. The van der Waals surface area contributed by atoms with E-state index in [1.54, 1.807) is 0 Å². The molecule has 0 spiro atoms. The van der Waals surface area contributed by atoms with E-state index in [0.717, 1.165) is 6.07 Å². The van der Waals surface area contributed by atoms with Gasteiger partial charge in [0.1, 0.15) is 5.75 Å². The molecule has 0 aliphatic heterocycles. The normalized spacial score (nSPS) is 11.1. The highest BCUT2D eigenvalue weighted by atomic mass is 32.2. The zero-order valence-corrected chi connectivity index (χ0v) is 9.92. The van der Waals surface area contributed by atoms with Crippen molar-refractivity contribution in [2.24, 2.45) is 0 Å². The van der Waals surface area contributed by atoms with Crippen LogP contribution in [0, 0.1) is 0 Å².